The lowest BCUT2D eigenvalue weighted by molar-refractivity contribution is -0.140. The number of carboxylic acid groups (broad SMARTS) is 1. The Morgan fingerprint density at radius 2 is 2.06 bits per heavy atom. The van der Waals surface area contributed by atoms with Gasteiger partial charge in [-0.3, -0.25) is 4.79 Å². The Balaban J connectivity index is 4.09. The molecule has 7 nitrogen and oxygen atoms in total. The van der Waals surface area contributed by atoms with Crippen molar-refractivity contribution in [1.82, 2.24) is 10.6 Å². The smallest absolute Gasteiger partial charge is 0.326 e. The first kappa shape index (κ1) is 13.8. The largest absolute Gasteiger partial charge is 0.480 e. The summed E-state index contributed by atoms with van der Waals surface area (Å²) in [4.78, 5) is 32.2. The van der Waals surface area contributed by atoms with Crippen molar-refractivity contribution in [2.24, 2.45) is 5.73 Å². The molecule has 0 aromatic carbocycles. The molecular weight excluding hydrogens is 214 g/mol. The summed E-state index contributed by atoms with van der Waals surface area (Å²) in [5, 5.41) is 13.1. The fourth-order valence-electron chi connectivity index (χ4n) is 0.859. The van der Waals surface area contributed by atoms with Crippen LogP contribution >= 0.6 is 0 Å². The van der Waals surface area contributed by atoms with E-state index in [4.69, 9.17) is 17.3 Å². The standard InChI is InChI=1S/C9H13N3O4/c1-2-3-4-11-9(16)12-6(8(14)15)5-7(10)13/h1,6H,3-5H2,(H2,10,13)(H,14,15)(H2,11,12,16)/t6-/m1/s1. The van der Waals surface area contributed by atoms with Crippen LogP contribution in [0, 0.1) is 12.3 Å². The van der Waals surface area contributed by atoms with E-state index >= 15 is 0 Å². The van der Waals surface area contributed by atoms with Crippen molar-refractivity contribution < 1.29 is 19.5 Å². The quantitative estimate of drug-likeness (QED) is 0.330. The van der Waals surface area contributed by atoms with Crippen molar-refractivity contribution in [1.29, 1.82) is 0 Å². The van der Waals surface area contributed by atoms with Gasteiger partial charge in [-0.05, 0) is 0 Å². The Morgan fingerprint density at radius 3 is 2.50 bits per heavy atom. The van der Waals surface area contributed by atoms with Gasteiger partial charge in [-0.15, -0.1) is 12.3 Å². The number of carboxylic acids is 1. The maximum absolute atomic E-state index is 11.1. The van der Waals surface area contributed by atoms with Gasteiger partial charge in [0.05, 0.1) is 6.42 Å². The number of rotatable bonds is 6. The molecule has 3 amide bonds. The van der Waals surface area contributed by atoms with Crippen molar-refractivity contribution in [2.75, 3.05) is 6.54 Å². The van der Waals surface area contributed by atoms with Gasteiger partial charge in [0.25, 0.3) is 0 Å². The normalized spacial score (nSPS) is 10.9. The summed E-state index contributed by atoms with van der Waals surface area (Å²) in [7, 11) is 0. The van der Waals surface area contributed by atoms with E-state index in [-0.39, 0.29) is 6.54 Å². The van der Waals surface area contributed by atoms with Crippen LogP contribution in [0.15, 0.2) is 0 Å². The molecule has 0 spiro atoms. The maximum Gasteiger partial charge on any atom is 0.326 e. The first-order valence-corrected chi connectivity index (χ1v) is 4.46. The minimum atomic E-state index is -1.33. The predicted molar refractivity (Wildman–Crippen MR) is 55.2 cm³/mol. The lowest BCUT2D eigenvalue weighted by Gasteiger charge is -2.12. The topological polar surface area (TPSA) is 122 Å². The highest BCUT2D eigenvalue weighted by atomic mass is 16.4. The van der Waals surface area contributed by atoms with Gasteiger partial charge in [-0.25, -0.2) is 9.59 Å². The molecule has 0 rings (SSSR count). The Bertz CT molecular complexity index is 321. The molecule has 0 radical (unpaired) electrons. The summed E-state index contributed by atoms with van der Waals surface area (Å²) in [6.45, 7) is 0.227. The van der Waals surface area contributed by atoms with Crippen molar-refractivity contribution >= 4 is 17.9 Å². The highest BCUT2D eigenvalue weighted by molar-refractivity contribution is 5.87. The summed E-state index contributed by atoms with van der Waals surface area (Å²) >= 11 is 0. The predicted octanol–water partition coefficient (Wildman–Crippen LogP) is -1.36. The molecule has 0 aliphatic rings. The molecule has 0 aliphatic carbocycles. The van der Waals surface area contributed by atoms with Crippen molar-refractivity contribution in [3.63, 3.8) is 0 Å². The van der Waals surface area contributed by atoms with Gasteiger partial charge in [0.1, 0.15) is 6.04 Å². The number of hydrogen-bond acceptors (Lipinski definition) is 3. The van der Waals surface area contributed by atoms with Gasteiger partial charge in [0.15, 0.2) is 0 Å². The molecule has 0 aromatic heterocycles. The number of aliphatic carboxylic acids is 1. The second-order valence-corrected chi connectivity index (χ2v) is 2.92. The zero-order valence-electron chi connectivity index (χ0n) is 8.53. The Kier molecular flexibility index (Phi) is 6.12. The Morgan fingerprint density at radius 1 is 1.44 bits per heavy atom. The third kappa shape index (κ3) is 6.26. The fraction of sp³-hybridized carbons (Fsp3) is 0.444. The number of terminal acetylenes is 1. The molecule has 0 unspecified atom stereocenters. The van der Waals surface area contributed by atoms with Crippen LogP contribution in [0.3, 0.4) is 0 Å². The lowest BCUT2D eigenvalue weighted by atomic mass is 10.2. The van der Waals surface area contributed by atoms with E-state index in [2.05, 4.69) is 16.6 Å². The molecule has 1 atom stereocenters. The minimum absolute atomic E-state index is 0.227. The zero-order chi connectivity index (χ0) is 12.6. The molecule has 0 heterocycles. The van der Waals surface area contributed by atoms with Crippen molar-refractivity contribution in [2.45, 2.75) is 18.9 Å². The second-order valence-electron chi connectivity index (χ2n) is 2.92. The molecule has 7 heteroatoms. The van der Waals surface area contributed by atoms with Crippen LogP contribution in [0.25, 0.3) is 0 Å². The average Bonchev–Trinajstić information content (AvgIpc) is 2.16. The maximum atomic E-state index is 11.1. The van der Waals surface area contributed by atoms with Gasteiger partial charge in [0, 0.05) is 13.0 Å². The molecule has 0 bridgehead atoms. The van der Waals surface area contributed by atoms with Gasteiger partial charge in [0.2, 0.25) is 5.91 Å². The number of hydrogen-bond donors (Lipinski definition) is 4. The SMILES string of the molecule is C#CCCNC(=O)N[C@H](CC(N)=O)C(=O)O. The zero-order valence-corrected chi connectivity index (χ0v) is 8.53. The van der Waals surface area contributed by atoms with E-state index in [0.717, 1.165) is 0 Å². The number of carbonyl (C=O) groups is 3. The summed E-state index contributed by atoms with van der Waals surface area (Å²) in [6.07, 6.45) is 4.83. The monoisotopic (exact) mass is 227 g/mol. The molecule has 0 aliphatic heterocycles. The van der Waals surface area contributed by atoms with Crippen LogP contribution < -0.4 is 16.4 Å². The Hall–Kier alpha value is -2.23. The summed E-state index contributed by atoms with van der Waals surface area (Å²) in [6, 6.07) is -2.03. The van der Waals surface area contributed by atoms with Gasteiger partial charge in [-0.2, -0.15) is 0 Å². The van der Waals surface area contributed by atoms with E-state index in [1.165, 1.54) is 0 Å². The number of carbonyl (C=O) groups excluding carboxylic acids is 2. The van der Waals surface area contributed by atoms with E-state index in [1.807, 2.05) is 0 Å². The first-order chi connectivity index (χ1) is 7.47. The molecule has 0 aromatic rings. The first-order valence-electron chi connectivity index (χ1n) is 4.46. The van der Waals surface area contributed by atoms with Gasteiger partial charge >= 0.3 is 12.0 Å². The third-order valence-electron chi connectivity index (χ3n) is 1.56. The van der Waals surface area contributed by atoms with Crippen LogP contribution in [-0.2, 0) is 9.59 Å². The molecule has 88 valence electrons. The fourth-order valence-corrected chi connectivity index (χ4v) is 0.859. The summed E-state index contributed by atoms with van der Waals surface area (Å²) in [5.74, 6) is 0.162. The van der Waals surface area contributed by atoms with Crippen LogP contribution in [0.5, 0.6) is 0 Å². The second kappa shape index (κ2) is 7.11. The molecule has 5 N–H and O–H groups in total. The third-order valence-corrected chi connectivity index (χ3v) is 1.56. The van der Waals surface area contributed by atoms with Crippen LogP contribution in [0.2, 0.25) is 0 Å². The van der Waals surface area contributed by atoms with E-state index in [9.17, 15) is 14.4 Å². The van der Waals surface area contributed by atoms with Gasteiger partial charge in [-0.1, -0.05) is 0 Å². The summed E-state index contributed by atoms with van der Waals surface area (Å²) in [5.41, 5.74) is 4.83. The highest BCUT2D eigenvalue weighted by Crippen LogP contribution is 1.91. The van der Waals surface area contributed by atoms with Crippen LogP contribution in [0.4, 0.5) is 4.79 Å². The molecule has 16 heavy (non-hydrogen) atoms. The molecule has 0 saturated carbocycles. The highest BCUT2D eigenvalue weighted by Gasteiger charge is 2.21. The van der Waals surface area contributed by atoms with Crippen molar-refractivity contribution in [3.8, 4) is 12.3 Å². The number of amides is 3. The Labute approximate surface area is 92.4 Å². The number of primary amides is 1. The van der Waals surface area contributed by atoms with Crippen molar-refractivity contribution in [3.05, 3.63) is 0 Å². The molecule has 0 fully saturated rings. The average molecular weight is 227 g/mol. The summed E-state index contributed by atoms with van der Waals surface area (Å²) < 4.78 is 0. The number of nitrogens with two attached hydrogens (primary N) is 1. The number of nitrogens with one attached hydrogen (secondary N) is 2. The van der Waals surface area contributed by atoms with E-state index < -0.39 is 30.4 Å². The number of urea groups is 1. The molecular formula is C9H13N3O4. The van der Waals surface area contributed by atoms with Gasteiger partial charge < -0.3 is 21.5 Å². The van der Waals surface area contributed by atoms with Crippen LogP contribution in [0.1, 0.15) is 12.8 Å². The molecule has 0 saturated heterocycles. The van der Waals surface area contributed by atoms with Crippen LogP contribution in [-0.4, -0.2) is 35.6 Å². The van der Waals surface area contributed by atoms with E-state index in [1.54, 1.807) is 0 Å². The lowest BCUT2D eigenvalue weighted by Crippen LogP contribution is -2.47. The van der Waals surface area contributed by atoms with E-state index in [0.29, 0.717) is 6.42 Å². The minimum Gasteiger partial charge on any atom is -0.480 e.